The maximum atomic E-state index is 13.0. The molecule has 0 radical (unpaired) electrons. The van der Waals surface area contributed by atoms with Crippen LogP contribution in [0.15, 0.2) is 41.3 Å². The van der Waals surface area contributed by atoms with Crippen LogP contribution in [0.1, 0.15) is 53.6 Å². The Morgan fingerprint density at radius 2 is 1.67 bits per heavy atom. The lowest BCUT2D eigenvalue weighted by Gasteiger charge is -2.32. The molecule has 30 heavy (non-hydrogen) atoms. The van der Waals surface area contributed by atoms with E-state index < -0.39 is 10.0 Å². The fourth-order valence-corrected chi connectivity index (χ4v) is 5.62. The minimum atomic E-state index is -3.59. The first-order chi connectivity index (χ1) is 14.1. The van der Waals surface area contributed by atoms with Crippen molar-refractivity contribution < 1.29 is 13.2 Å². The molecular formula is C24H32N2O3S. The maximum Gasteiger partial charge on any atom is 0.243 e. The first-order valence-corrected chi connectivity index (χ1v) is 12.0. The number of hydrogen-bond acceptors (Lipinski definition) is 3. The van der Waals surface area contributed by atoms with Gasteiger partial charge in [-0.05, 0) is 81.8 Å². The smallest absolute Gasteiger partial charge is 0.243 e. The van der Waals surface area contributed by atoms with Crippen molar-refractivity contribution in [3.05, 3.63) is 64.2 Å². The van der Waals surface area contributed by atoms with Crippen molar-refractivity contribution in [1.82, 2.24) is 9.62 Å². The van der Waals surface area contributed by atoms with Gasteiger partial charge in [-0.25, -0.2) is 8.42 Å². The first-order valence-electron chi connectivity index (χ1n) is 10.5. The van der Waals surface area contributed by atoms with E-state index in [1.807, 2.05) is 13.8 Å². The average molecular weight is 429 g/mol. The minimum absolute atomic E-state index is 0.0797. The second-order valence-corrected chi connectivity index (χ2v) is 10.5. The summed E-state index contributed by atoms with van der Waals surface area (Å²) in [6.07, 6.45) is 1.38. The Morgan fingerprint density at radius 1 is 1.03 bits per heavy atom. The molecule has 0 spiro atoms. The molecule has 5 nitrogen and oxygen atoms in total. The number of nitrogens with zero attached hydrogens (tertiary/aromatic N) is 1. The molecule has 0 unspecified atom stereocenters. The van der Waals surface area contributed by atoms with Gasteiger partial charge in [0.25, 0.3) is 0 Å². The molecule has 162 valence electrons. The highest BCUT2D eigenvalue weighted by molar-refractivity contribution is 7.89. The quantitative estimate of drug-likeness (QED) is 0.776. The van der Waals surface area contributed by atoms with Crippen LogP contribution in [0.3, 0.4) is 0 Å². The summed E-state index contributed by atoms with van der Waals surface area (Å²) in [5.41, 5.74) is 5.70. The Labute approximate surface area is 180 Å². The maximum absolute atomic E-state index is 13.0. The van der Waals surface area contributed by atoms with Gasteiger partial charge in [-0.15, -0.1) is 0 Å². The van der Waals surface area contributed by atoms with Gasteiger partial charge in [-0.2, -0.15) is 4.31 Å². The normalized spacial score (nSPS) is 18.8. The average Bonchev–Trinajstić information content (AvgIpc) is 2.71. The Balaban J connectivity index is 1.71. The van der Waals surface area contributed by atoms with Crippen LogP contribution in [-0.4, -0.2) is 31.7 Å². The number of aryl methyl sites for hydroxylation is 4. The molecule has 1 fully saturated rings. The molecule has 0 aliphatic carbocycles. The number of carbonyl (C=O) groups excluding carboxylic acids is 1. The van der Waals surface area contributed by atoms with Crippen molar-refractivity contribution >= 4 is 15.9 Å². The molecule has 6 heteroatoms. The number of nitrogens with one attached hydrogen (secondary N) is 1. The standard InChI is InChI=1S/C24H32N2O3S/c1-16-8-10-22(11-9-16)30(28,29)26-12-6-7-21(15-26)24(27)25-20(5)23-14-18(3)17(2)13-19(23)4/h8-11,13-14,20-21H,6-7,12,15H2,1-5H3,(H,25,27)/t20-,21+/m1/s1. The van der Waals surface area contributed by atoms with Gasteiger partial charge in [0.15, 0.2) is 0 Å². The molecule has 2 aromatic carbocycles. The second-order valence-electron chi connectivity index (χ2n) is 8.54. The summed E-state index contributed by atoms with van der Waals surface area (Å²) in [7, 11) is -3.59. The highest BCUT2D eigenvalue weighted by Gasteiger charge is 2.33. The molecule has 3 rings (SSSR count). The zero-order chi connectivity index (χ0) is 22.1. The van der Waals surface area contributed by atoms with E-state index in [0.29, 0.717) is 19.4 Å². The molecule has 1 heterocycles. The predicted octanol–water partition coefficient (Wildman–Crippen LogP) is 4.20. The fourth-order valence-electron chi connectivity index (χ4n) is 4.09. The summed E-state index contributed by atoms with van der Waals surface area (Å²) in [5, 5.41) is 3.11. The summed E-state index contributed by atoms with van der Waals surface area (Å²) in [6.45, 7) is 10.8. The van der Waals surface area contributed by atoms with Crippen LogP contribution in [0.25, 0.3) is 0 Å². The first kappa shape index (κ1) is 22.5. The van der Waals surface area contributed by atoms with Crippen LogP contribution in [0.2, 0.25) is 0 Å². The third kappa shape index (κ3) is 4.76. The number of benzene rings is 2. The summed E-state index contributed by atoms with van der Waals surface area (Å²) in [5.74, 6) is -0.419. The molecule has 0 aromatic heterocycles. The number of amides is 1. The zero-order valence-electron chi connectivity index (χ0n) is 18.5. The number of hydrogen-bond donors (Lipinski definition) is 1. The zero-order valence-corrected chi connectivity index (χ0v) is 19.3. The number of piperidine rings is 1. The molecule has 0 bridgehead atoms. The van der Waals surface area contributed by atoms with Gasteiger partial charge in [0.1, 0.15) is 0 Å². The van der Waals surface area contributed by atoms with Crippen molar-refractivity contribution in [2.45, 2.75) is 58.4 Å². The minimum Gasteiger partial charge on any atom is -0.349 e. The van der Waals surface area contributed by atoms with E-state index >= 15 is 0 Å². The van der Waals surface area contributed by atoms with E-state index in [4.69, 9.17) is 0 Å². The molecular weight excluding hydrogens is 396 g/mol. The van der Waals surface area contributed by atoms with Crippen LogP contribution in [0.4, 0.5) is 0 Å². The summed E-state index contributed by atoms with van der Waals surface area (Å²) < 4.78 is 27.5. The Kier molecular flexibility index (Phi) is 6.68. The van der Waals surface area contributed by atoms with Crippen molar-refractivity contribution in [3.8, 4) is 0 Å². The van der Waals surface area contributed by atoms with Crippen molar-refractivity contribution in [3.63, 3.8) is 0 Å². The third-order valence-corrected chi connectivity index (χ3v) is 8.00. The summed E-state index contributed by atoms with van der Waals surface area (Å²) in [4.78, 5) is 13.3. The molecule has 2 atom stereocenters. The van der Waals surface area contributed by atoms with Gasteiger partial charge in [0.2, 0.25) is 15.9 Å². The van der Waals surface area contributed by atoms with Gasteiger partial charge >= 0.3 is 0 Å². The summed E-state index contributed by atoms with van der Waals surface area (Å²) in [6, 6.07) is 11.0. The predicted molar refractivity (Wildman–Crippen MR) is 120 cm³/mol. The van der Waals surface area contributed by atoms with Gasteiger partial charge in [0, 0.05) is 13.1 Å². The van der Waals surface area contributed by atoms with Crippen LogP contribution in [-0.2, 0) is 14.8 Å². The van der Waals surface area contributed by atoms with Crippen LogP contribution in [0, 0.1) is 33.6 Å². The lowest BCUT2D eigenvalue weighted by atomic mass is 9.95. The van der Waals surface area contributed by atoms with Crippen molar-refractivity contribution in [2.24, 2.45) is 5.92 Å². The van der Waals surface area contributed by atoms with E-state index in [1.54, 1.807) is 24.3 Å². The molecule has 1 N–H and O–H groups in total. The molecule has 1 saturated heterocycles. The van der Waals surface area contributed by atoms with E-state index in [9.17, 15) is 13.2 Å². The second kappa shape index (κ2) is 8.90. The molecule has 2 aromatic rings. The fraction of sp³-hybridized carbons (Fsp3) is 0.458. The SMILES string of the molecule is Cc1ccc(S(=O)(=O)N2CCC[C@H](C(=O)N[C@H](C)c3cc(C)c(C)cc3C)C2)cc1. The van der Waals surface area contributed by atoms with Crippen LogP contribution >= 0.6 is 0 Å². The number of carbonyl (C=O) groups is 1. The number of rotatable bonds is 5. The Hall–Kier alpha value is -2.18. The Morgan fingerprint density at radius 3 is 2.33 bits per heavy atom. The highest BCUT2D eigenvalue weighted by Crippen LogP contribution is 2.26. The lowest BCUT2D eigenvalue weighted by molar-refractivity contribution is -0.126. The van der Waals surface area contributed by atoms with E-state index in [0.717, 1.165) is 16.7 Å². The Bertz CT molecular complexity index is 1030. The van der Waals surface area contributed by atoms with E-state index in [1.165, 1.54) is 15.4 Å². The topological polar surface area (TPSA) is 66.5 Å². The van der Waals surface area contributed by atoms with Crippen LogP contribution in [0.5, 0.6) is 0 Å². The van der Waals surface area contributed by atoms with Gasteiger partial charge in [-0.3, -0.25) is 4.79 Å². The molecule has 1 amide bonds. The largest absolute Gasteiger partial charge is 0.349 e. The molecule has 0 saturated carbocycles. The number of sulfonamides is 1. The highest BCUT2D eigenvalue weighted by atomic mass is 32.2. The molecule has 1 aliphatic rings. The van der Waals surface area contributed by atoms with Gasteiger partial charge < -0.3 is 5.32 Å². The van der Waals surface area contributed by atoms with Crippen molar-refractivity contribution in [1.29, 1.82) is 0 Å². The molecule has 1 aliphatic heterocycles. The monoisotopic (exact) mass is 428 g/mol. The summed E-state index contributed by atoms with van der Waals surface area (Å²) >= 11 is 0. The van der Waals surface area contributed by atoms with Gasteiger partial charge in [-0.1, -0.05) is 29.8 Å². The van der Waals surface area contributed by atoms with Gasteiger partial charge in [0.05, 0.1) is 16.9 Å². The third-order valence-electron chi connectivity index (χ3n) is 6.12. The van der Waals surface area contributed by atoms with E-state index in [-0.39, 0.29) is 29.3 Å². The van der Waals surface area contributed by atoms with E-state index in [2.05, 4.69) is 38.2 Å². The lowest BCUT2D eigenvalue weighted by Crippen LogP contribution is -2.45. The van der Waals surface area contributed by atoms with Crippen molar-refractivity contribution in [2.75, 3.05) is 13.1 Å². The van der Waals surface area contributed by atoms with Crippen LogP contribution < -0.4 is 5.32 Å².